The molecule has 9 nitrogen and oxygen atoms in total. The van der Waals surface area contributed by atoms with Crippen LogP contribution in [0.4, 0.5) is 5.69 Å². The molecule has 0 aliphatic heterocycles. The molecule has 3 rings (SSSR count). The first-order valence-corrected chi connectivity index (χ1v) is 8.51. The van der Waals surface area contributed by atoms with Gasteiger partial charge in [-0.15, -0.1) is 0 Å². The molecule has 0 aliphatic carbocycles. The van der Waals surface area contributed by atoms with Crippen LogP contribution in [0, 0.1) is 6.92 Å². The Kier molecular flexibility index (Phi) is 5.50. The Morgan fingerprint density at radius 2 is 2.04 bits per heavy atom. The lowest BCUT2D eigenvalue weighted by Gasteiger charge is -2.07. The highest BCUT2D eigenvalue weighted by Gasteiger charge is 2.14. The first-order valence-electron chi connectivity index (χ1n) is 8.51. The molecule has 2 heterocycles. The van der Waals surface area contributed by atoms with Crippen LogP contribution in [0.3, 0.4) is 0 Å². The molecule has 0 spiro atoms. The van der Waals surface area contributed by atoms with Crippen molar-refractivity contribution in [2.45, 2.75) is 19.8 Å². The quantitative estimate of drug-likeness (QED) is 0.185. The van der Waals surface area contributed by atoms with Crippen molar-refractivity contribution in [3.05, 3.63) is 69.9 Å². The Morgan fingerprint density at radius 3 is 2.67 bits per heavy atom. The minimum atomic E-state index is -0.398. The molecular formula is C18H21N7O2. The van der Waals surface area contributed by atoms with E-state index in [1.54, 1.807) is 43.7 Å². The molecule has 6 N–H and O–H groups in total. The number of hydrogen-bond donors (Lipinski definition) is 5. The van der Waals surface area contributed by atoms with Crippen LogP contribution in [0.2, 0.25) is 0 Å². The van der Waals surface area contributed by atoms with Gasteiger partial charge in [-0.25, -0.2) is 9.78 Å². The van der Waals surface area contributed by atoms with Crippen molar-refractivity contribution < 1.29 is 4.79 Å². The number of imidazole rings is 2. The standard InChI is InChI=1S/C18H21N7O2/c1-11-15(25-18(27)23-11)16(26)12-4-6-13(7-5-12)24-17(19)21-8-2-3-14-9-20-10-22-14/h4-7,9-10H,2-3,8H2,1H3,(H,20,22)(H3,19,21,24)(H2,23,25,27). The number of nitrogens with one attached hydrogen (secondary N) is 4. The lowest BCUT2D eigenvalue weighted by Crippen LogP contribution is -2.23. The fraction of sp³-hybridized carbons (Fsp3) is 0.222. The largest absolute Gasteiger partial charge is 0.370 e. The number of aromatic nitrogens is 4. The molecular weight excluding hydrogens is 346 g/mol. The van der Waals surface area contributed by atoms with E-state index < -0.39 is 5.69 Å². The number of aryl methyl sites for hydroxylation is 2. The number of carbonyl (C=O) groups is 1. The van der Waals surface area contributed by atoms with Crippen molar-refractivity contribution in [3.63, 3.8) is 0 Å². The maximum atomic E-state index is 12.4. The van der Waals surface area contributed by atoms with E-state index in [0.29, 0.717) is 23.8 Å². The second kappa shape index (κ2) is 8.17. The zero-order chi connectivity index (χ0) is 19.2. The predicted molar refractivity (Wildman–Crippen MR) is 103 cm³/mol. The molecule has 0 bridgehead atoms. The average Bonchev–Trinajstić information content (AvgIpc) is 3.28. The predicted octanol–water partition coefficient (Wildman–Crippen LogP) is 1.32. The van der Waals surface area contributed by atoms with Gasteiger partial charge < -0.3 is 26.0 Å². The second-order valence-electron chi connectivity index (χ2n) is 6.06. The maximum absolute atomic E-state index is 12.4. The molecule has 9 heteroatoms. The molecule has 27 heavy (non-hydrogen) atoms. The number of aromatic amines is 3. The normalized spacial score (nSPS) is 11.5. The number of nitrogens with zero attached hydrogens (tertiary/aromatic N) is 2. The van der Waals surface area contributed by atoms with Crippen LogP contribution in [-0.4, -0.2) is 38.2 Å². The number of hydrogen-bond acceptors (Lipinski definition) is 4. The second-order valence-corrected chi connectivity index (χ2v) is 6.06. The third-order valence-corrected chi connectivity index (χ3v) is 4.00. The van der Waals surface area contributed by atoms with Crippen LogP contribution in [0.5, 0.6) is 0 Å². The van der Waals surface area contributed by atoms with E-state index in [2.05, 4.69) is 30.2 Å². The molecule has 1 aromatic carbocycles. The van der Waals surface area contributed by atoms with Gasteiger partial charge in [-0.1, -0.05) is 0 Å². The maximum Gasteiger partial charge on any atom is 0.323 e. The van der Waals surface area contributed by atoms with E-state index in [0.717, 1.165) is 24.2 Å². The number of H-pyrrole nitrogens is 3. The lowest BCUT2D eigenvalue weighted by atomic mass is 10.1. The van der Waals surface area contributed by atoms with Crippen LogP contribution in [0.15, 0.2) is 46.6 Å². The first-order chi connectivity index (χ1) is 13.0. The molecule has 0 saturated carbocycles. The molecule has 0 aliphatic rings. The van der Waals surface area contributed by atoms with Gasteiger partial charge in [0.2, 0.25) is 5.78 Å². The molecule has 0 unspecified atom stereocenters. The number of carbonyl (C=O) groups excluding carboxylic acids is 1. The van der Waals surface area contributed by atoms with Crippen molar-refractivity contribution in [2.24, 2.45) is 10.7 Å². The van der Waals surface area contributed by atoms with Gasteiger partial charge in [-0.2, -0.15) is 0 Å². The van der Waals surface area contributed by atoms with E-state index in [1.165, 1.54) is 0 Å². The van der Waals surface area contributed by atoms with Gasteiger partial charge in [0.1, 0.15) is 5.69 Å². The highest BCUT2D eigenvalue weighted by atomic mass is 16.1. The van der Waals surface area contributed by atoms with Crippen LogP contribution in [-0.2, 0) is 6.42 Å². The zero-order valence-corrected chi connectivity index (χ0v) is 14.9. The first kappa shape index (κ1) is 18.2. The fourth-order valence-corrected chi connectivity index (χ4v) is 2.63. The van der Waals surface area contributed by atoms with E-state index in [9.17, 15) is 9.59 Å². The molecule has 0 amide bonds. The van der Waals surface area contributed by atoms with E-state index in [1.807, 2.05) is 0 Å². The summed E-state index contributed by atoms with van der Waals surface area (Å²) < 4.78 is 0. The van der Waals surface area contributed by atoms with Gasteiger partial charge in [0.05, 0.1) is 6.33 Å². The minimum absolute atomic E-state index is 0.252. The number of ketones is 1. The Labute approximate surface area is 155 Å². The number of nitrogens with two attached hydrogens (primary N) is 1. The van der Waals surface area contributed by atoms with Crippen LogP contribution in [0.25, 0.3) is 0 Å². The number of anilines is 1. The molecule has 2 aromatic heterocycles. The van der Waals surface area contributed by atoms with Crippen molar-refractivity contribution in [1.82, 2.24) is 19.9 Å². The SMILES string of the molecule is Cc1[nH]c(=O)[nH]c1C(=O)c1ccc(NC(N)=NCCCc2cnc[nH]2)cc1. The van der Waals surface area contributed by atoms with Crippen molar-refractivity contribution in [2.75, 3.05) is 11.9 Å². The highest BCUT2D eigenvalue weighted by molar-refractivity contribution is 6.08. The Morgan fingerprint density at radius 1 is 1.26 bits per heavy atom. The van der Waals surface area contributed by atoms with Gasteiger partial charge in [-0.3, -0.25) is 9.79 Å². The van der Waals surface area contributed by atoms with Crippen molar-refractivity contribution in [1.29, 1.82) is 0 Å². The van der Waals surface area contributed by atoms with Crippen molar-refractivity contribution >= 4 is 17.4 Å². The van der Waals surface area contributed by atoms with Gasteiger partial charge in [0.25, 0.3) is 0 Å². The summed E-state index contributed by atoms with van der Waals surface area (Å²) in [5.41, 5.74) is 8.52. The highest BCUT2D eigenvalue weighted by Crippen LogP contribution is 2.13. The topological polar surface area (TPSA) is 145 Å². The summed E-state index contributed by atoms with van der Waals surface area (Å²) in [6.07, 6.45) is 5.15. The fourth-order valence-electron chi connectivity index (χ4n) is 2.63. The lowest BCUT2D eigenvalue weighted by molar-refractivity contribution is 0.103. The summed E-state index contributed by atoms with van der Waals surface area (Å²) in [6.45, 7) is 2.26. The van der Waals surface area contributed by atoms with E-state index in [-0.39, 0.29) is 11.5 Å². The minimum Gasteiger partial charge on any atom is -0.370 e. The van der Waals surface area contributed by atoms with Gasteiger partial charge in [-0.05, 0) is 44.0 Å². The van der Waals surface area contributed by atoms with Crippen LogP contribution < -0.4 is 16.7 Å². The average molecular weight is 367 g/mol. The van der Waals surface area contributed by atoms with Gasteiger partial charge >= 0.3 is 5.69 Å². The van der Waals surface area contributed by atoms with Gasteiger partial charge in [0.15, 0.2) is 5.96 Å². The molecule has 0 radical (unpaired) electrons. The number of aliphatic imine (C=N–C) groups is 1. The van der Waals surface area contributed by atoms with Crippen molar-refractivity contribution in [3.8, 4) is 0 Å². The number of guanidine groups is 1. The molecule has 0 fully saturated rings. The summed E-state index contributed by atoms with van der Waals surface area (Å²) in [5.74, 6) is 0.0577. The molecule has 0 saturated heterocycles. The smallest absolute Gasteiger partial charge is 0.323 e. The van der Waals surface area contributed by atoms with Gasteiger partial charge in [0, 0.05) is 35.4 Å². The third-order valence-electron chi connectivity index (χ3n) is 4.00. The Bertz CT molecular complexity index is 982. The van der Waals surface area contributed by atoms with E-state index >= 15 is 0 Å². The molecule has 140 valence electrons. The summed E-state index contributed by atoms with van der Waals surface area (Å²) in [6, 6.07) is 6.81. The summed E-state index contributed by atoms with van der Waals surface area (Å²) >= 11 is 0. The zero-order valence-electron chi connectivity index (χ0n) is 14.9. The Balaban J connectivity index is 1.55. The Hall–Kier alpha value is -3.62. The van der Waals surface area contributed by atoms with Crippen LogP contribution in [0.1, 0.15) is 33.9 Å². The van der Waals surface area contributed by atoms with Crippen LogP contribution >= 0.6 is 0 Å². The third kappa shape index (κ3) is 4.72. The number of rotatable bonds is 7. The number of benzene rings is 1. The molecule has 3 aromatic rings. The summed E-state index contributed by atoms with van der Waals surface area (Å²) in [5, 5.41) is 2.99. The summed E-state index contributed by atoms with van der Waals surface area (Å²) in [7, 11) is 0. The molecule has 0 atom stereocenters. The summed E-state index contributed by atoms with van der Waals surface area (Å²) in [4.78, 5) is 40.0. The monoisotopic (exact) mass is 367 g/mol. The van der Waals surface area contributed by atoms with E-state index in [4.69, 9.17) is 5.73 Å².